The average molecular weight is 249 g/mol. The Balaban J connectivity index is 2.35. The molecule has 0 radical (unpaired) electrons. The lowest BCUT2D eigenvalue weighted by molar-refractivity contribution is 0.825. The van der Waals surface area contributed by atoms with Crippen LogP contribution in [0.1, 0.15) is 33.1 Å². The summed E-state index contributed by atoms with van der Waals surface area (Å²) in [6, 6.07) is 9.80. The Hall–Kier alpha value is -1.42. The Kier molecular flexibility index (Phi) is 6.25. The second kappa shape index (κ2) is 7.79. The summed E-state index contributed by atoms with van der Waals surface area (Å²) in [6.45, 7) is 4.18. The standard InChI is InChI=1S/C13H19N3S/c1-3-4-8-11(2)15-16-13(17)14-12-9-6-5-7-10-12/h5-7,9-10H,3-4,8H2,1-2H3,(H2,14,16,17)/b15-11+. The van der Waals surface area contributed by atoms with E-state index in [1.54, 1.807) is 0 Å². The molecule has 0 aliphatic carbocycles. The van der Waals surface area contributed by atoms with E-state index in [0.717, 1.165) is 24.2 Å². The molecule has 0 aromatic heterocycles. The van der Waals surface area contributed by atoms with Crippen LogP contribution in [0, 0.1) is 0 Å². The van der Waals surface area contributed by atoms with E-state index in [-0.39, 0.29) is 0 Å². The zero-order valence-electron chi connectivity index (χ0n) is 10.4. The molecule has 0 aliphatic heterocycles. The number of para-hydroxylation sites is 1. The molecular formula is C13H19N3S. The number of thiocarbonyl (C=S) groups is 1. The van der Waals surface area contributed by atoms with Crippen molar-refractivity contribution in [1.29, 1.82) is 0 Å². The fraction of sp³-hybridized carbons (Fsp3) is 0.385. The van der Waals surface area contributed by atoms with Crippen molar-refractivity contribution >= 4 is 28.7 Å². The molecule has 0 bridgehead atoms. The van der Waals surface area contributed by atoms with Gasteiger partial charge in [0.05, 0.1) is 0 Å². The van der Waals surface area contributed by atoms with Crippen LogP contribution in [0.15, 0.2) is 35.4 Å². The van der Waals surface area contributed by atoms with Gasteiger partial charge in [-0.25, -0.2) is 0 Å². The molecule has 1 rings (SSSR count). The van der Waals surface area contributed by atoms with Crippen LogP contribution in [0.4, 0.5) is 5.69 Å². The van der Waals surface area contributed by atoms with Crippen molar-refractivity contribution < 1.29 is 0 Å². The molecule has 0 heterocycles. The van der Waals surface area contributed by atoms with Crippen LogP contribution >= 0.6 is 12.2 Å². The Labute approximate surface area is 108 Å². The summed E-state index contributed by atoms with van der Waals surface area (Å²) < 4.78 is 0. The van der Waals surface area contributed by atoms with Crippen LogP contribution in [-0.2, 0) is 0 Å². The van der Waals surface area contributed by atoms with E-state index in [0.29, 0.717) is 5.11 Å². The van der Waals surface area contributed by atoms with Crippen molar-refractivity contribution in [3.8, 4) is 0 Å². The van der Waals surface area contributed by atoms with Gasteiger partial charge in [-0.3, -0.25) is 5.43 Å². The number of benzene rings is 1. The van der Waals surface area contributed by atoms with Crippen LogP contribution < -0.4 is 10.7 Å². The molecule has 1 aromatic carbocycles. The highest BCUT2D eigenvalue weighted by Gasteiger charge is 1.95. The lowest BCUT2D eigenvalue weighted by atomic mass is 10.2. The maximum Gasteiger partial charge on any atom is 0.191 e. The van der Waals surface area contributed by atoms with Gasteiger partial charge in [-0.2, -0.15) is 5.10 Å². The van der Waals surface area contributed by atoms with E-state index in [4.69, 9.17) is 12.2 Å². The Morgan fingerprint density at radius 3 is 2.65 bits per heavy atom. The maximum absolute atomic E-state index is 5.14. The third-order valence-corrected chi connectivity index (χ3v) is 2.47. The Morgan fingerprint density at radius 1 is 1.29 bits per heavy atom. The quantitative estimate of drug-likeness (QED) is 0.476. The summed E-state index contributed by atoms with van der Waals surface area (Å²) >= 11 is 5.14. The molecule has 0 atom stereocenters. The van der Waals surface area contributed by atoms with Gasteiger partial charge in [0.1, 0.15) is 0 Å². The monoisotopic (exact) mass is 249 g/mol. The van der Waals surface area contributed by atoms with Crippen LogP contribution in [0.3, 0.4) is 0 Å². The summed E-state index contributed by atoms with van der Waals surface area (Å²) in [5.74, 6) is 0. The molecule has 0 fully saturated rings. The van der Waals surface area contributed by atoms with Crippen molar-refractivity contribution in [3.63, 3.8) is 0 Å². The van der Waals surface area contributed by atoms with Gasteiger partial charge in [0.2, 0.25) is 0 Å². The summed E-state index contributed by atoms with van der Waals surface area (Å²) in [7, 11) is 0. The second-order valence-corrected chi connectivity index (χ2v) is 4.29. The molecule has 0 amide bonds. The lowest BCUT2D eigenvalue weighted by Crippen LogP contribution is -2.24. The molecule has 3 nitrogen and oxygen atoms in total. The summed E-state index contributed by atoms with van der Waals surface area (Å²) in [5, 5.41) is 7.81. The van der Waals surface area contributed by atoms with E-state index in [1.165, 1.54) is 6.42 Å². The maximum atomic E-state index is 5.14. The number of hydrazone groups is 1. The number of hydrogen-bond donors (Lipinski definition) is 2. The largest absolute Gasteiger partial charge is 0.331 e. The fourth-order valence-corrected chi connectivity index (χ4v) is 1.48. The molecule has 0 aliphatic rings. The van der Waals surface area contributed by atoms with Crippen LogP contribution in [-0.4, -0.2) is 10.8 Å². The van der Waals surface area contributed by atoms with Gasteiger partial charge < -0.3 is 5.32 Å². The minimum atomic E-state index is 0.520. The van der Waals surface area contributed by atoms with Gasteiger partial charge in [-0.05, 0) is 44.1 Å². The van der Waals surface area contributed by atoms with Crippen LogP contribution in [0.25, 0.3) is 0 Å². The molecule has 4 heteroatoms. The first-order valence-corrected chi connectivity index (χ1v) is 6.28. The topological polar surface area (TPSA) is 36.4 Å². The Morgan fingerprint density at radius 2 is 2.00 bits per heavy atom. The molecule has 0 saturated heterocycles. The predicted molar refractivity (Wildman–Crippen MR) is 78.4 cm³/mol. The predicted octanol–water partition coefficient (Wildman–Crippen LogP) is 3.54. The highest BCUT2D eigenvalue weighted by molar-refractivity contribution is 7.80. The highest BCUT2D eigenvalue weighted by Crippen LogP contribution is 2.04. The first kappa shape index (κ1) is 13.6. The third kappa shape index (κ3) is 6.02. The summed E-state index contributed by atoms with van der Waals surface area (Å²) in [6.07, 6.45) is 3.35. The molecule has 2 N–H and O–H groups in total. The number of rotatable bonds is 5. The van der Waals surface area contributed by atoms with E-state index in [1.807, 2.05) is 37.3 Å². The number of nitrogens with zero attached hydrogens (tertiary/aromatic N) is 1. The smallest absolute Gasteiger partial charge is 0.191 e. The zero-order chi connectivity index (χ0) is 12.5. The van der Waals surface area contributed by atoms with Gasteiger partial charge in [0, 0.05) is 11.4 Å². The molecule has 0 spiro atoms. The van der Waals surface area contributed by atoms with Gasteiger partial charge >= 0.3 is 0 Å². The molecular weight excluding hydrogens is 230 g/mol. The number of hydrogen-bond acceptors (Lipinski definition) is 2. The average Bonchev–Trinajstić information content (AvgIpc) is 2.35. The van der Waals surface area contributed by atoms with E-state index in [9.17, 15) is 0 Å². The highest BCUT2D eigenvalue weighted by atomic mass is 32.1. The molecule has 0 unspecified atom stereocenters. The van der Waals surface area contributed by atoms with Gasteiger partial charge in [0.15, 0.2) is 5.11 Å². The molecule has 1 aromatic rings. The first-order valence-electron chi connectivity index (χ1n) is 5.87. The van der Waals surface area contributed by atoms with Crippen molar-refractivity contribution in [2.75, 3.05) is 5.32 Å². The van der Waals surface area contributed by atoms with Crippen molar-refractivity contribution in [2.24, 2.45) is 5.10 Å². The molecule has 17 heavy (non-hydrogen) atoms. The number of unbranched alkanes of at least 4 members (excludes halogenated alkanes) is 1. The van der Waals surface area contributed by atoms with E-state index < -0.39 is 0 Å². The van der Waals surface area contributed by atoms with Crippen molar-refractivity contribution in [3.05, 3.63) is 30.3 Å². The SMILES string of the molecule is CCCC/C(C)=N/NC(=S)Nc1ccccc1. The number of nitrogens with one attached hydrogen (secondary N) is 2. The van der Waals surface area contributed by atoms with Crippen LogP contribution in [0.5, 0.6) is 0 Å². The van der Waals surface area contributed by atoms with Crippen LogP contribution in [0.2, 0.25) is 0 Å². The lowest BCUT2D eigenvalue weighted by Gasteiger charge is -2.07. The second-order valence-electron chi connectivity index (χ2n) is 3.88. The van der Waals surface area contributed by atoms with Gasteiger partial charge in [-0.1, -0.05) is 31.5 Å². The normalized spacial score (nSPS) is 11.1. The third-order valence-electron chi connectivity index (χ3n) is 2.27. The van der Waals surface area contributed by atoms with Gasteiger partial charge in [0.25, 0.3) is 0 Å². The van der Waals surface area contributed by atoms with Crippen molar-refractivity contribution in [1.82, 2.24) is 5.43 Å². The minimum absolute atomic E-state index is 0.520. The summed E-state index contributed by atoms with van der Waals surface area (Å²) in [4.78, 5) is 0. The first-order chi connectivity index (χ1) is 8.22. The number of anilines is 1. The molecule has 92 valence electrons. The fourth-order valence-electron chi connectivity index (χ4n) is 1.32. The zero-order valence-corrected chi connectivity index (χ0v) is 11.2. The van der Waals surface area contributed by atoms with E-state index in [2.05, 4.69) is 22.8 Å². The van der Waals surface area contributed by atoms with Crippen molar-refractivity contribution in [2.45, 2.75) is 33.1 Å². The van der Waals surface area contributed by atoms with Gasteiger partial charge in [-0.15, -0.1) is 0 Å². The van der Waals surface area contributed by atoms with E-state index >= 15 is 0 Å². The minimum Gasteiger partial charge on any atom is -0.331 e. The summed E-state index contributed by atoms with van der Waals surface area (Å²) in [5.41, 5.74) is 4.89. The molecule has 0 saturated carbocycles. The Bertz CT molecular complexity index is 374.